The Hall–Kier alpha value is -0.650. The number of nitrogens with one attached hydrogen (secondary N) is 1. The second kappa shape index (κ2) is 9.00. The van der Waals surface area contributed by atoms with Crippen molar-refractivity contribution >= 4 is 37.8 Å². The number of hydrogen-bond acceptors (Lipinski definition) is 2. The summed E-state index contributed by atoms with van der Waals surface area (Å²) in [5, 5.41) is 3.25. The molecule has 23 heavy (non-hydrogen) atoms. The van der Waals surface area contributed by atoms with Crippen molar-refractivity contribution in [3.63, 3.8) is 0 Å². The molecule has 1 amide bonds. The maximum atomic E-state index is 12.5. The molecule has 0 radical (unpaired) electrons. The smallest absolute Gasteiger partial charge is 0.224 e. The van der Waals surface area contributed by atoms with E-state index in [1.54, 1.807) is 0 Å². The van der Waals surface area contributed by atoms with Crippen molar-refractivity contribution in [1.29, 1.82) is 0 Å². The van der Waals surface area contributed by atoms with E-state index in [4.69, 9.17) is 0 Å². The molecule has 0 bridgehead atoms. The number of rotatable bonds is 6. The molecule has 0 aromatic heterocycles. The zero-order valence-corrected chi connectivity index (χ0v) is 16.7. The molecule has 2 atom stereocenters. The number of nitrogens with zero attached hydrogens (tertiary/aromatic N) is 1. The van der Waals surface area contributed by atoms with Crippen molar-refractivity contribution in [1.82, 2.24) is 10.2 Å². The average molecular weight is 444 g/mol. The van der Waals surface area contributed by atoms with Crippen LogP contribution in [0.4, 0.5) is 0 Å². The molecule has 0 spiro atoms. The molecular formula is C18H24Br2N2O. The van der Waals surface area contributed by atoms with Crippen LogP contribution in [0, 0.1) is 0 Å². The lowest BCUT2D eigenvalue weighted by Gasteiger charge is -2.38. The third-order valence-corrected chi connectivity index (χ3v) is 5.66. The van der Waals surface area contributed by atoms with Crippen LogP contribution in [-0.4, -0.2) is 36.5 Å². The summed E-state index contributed by atoms with van der Waals surface area (Å²) in [7, 11) is 2.11. The molecule has 1 saturated carbocycles. The standard InChI is InChI=1S/C18H24Br2N2O/c1-3-10-22(2)17-7-5-4-6-16(17)21-18(23)11-13-8-9-14(19)12-15(13)20/h3,8-9,12,16-17H,1,4-7,10-11H2,2H3,(H,21,23). The van der Waals surface area contributed by atoms with E-state index in [1.165, 1.54) is 12.8 Å². The topological polar surface area (TPSA) is 32.3 Å². The molecule has 1 aliphatic rings. The van der Waals surface area contributed by atoms with Gasteiger partial charge in [0.2, 0.25) is 5.91 Å². The van der Waals surface area contributed by atoms with E-state index in [0.29, 0.717) is 12.5 Å². The first-order valence-electron chi connectivity index (χ1n) is 8.05. The second-order valence-corrected chi connectivity index (χ2v) is 7.94. The van der Waals surface area contributed by atoms with Crippen LogP contribution >= 0.6 is 31.9 Å². The van der Waals surface area contributed by atoms with E-state index >= 15 is 0 Å². The van der Waals surface area contributed by atoms with Crippen LogP contribution in [0.25, 0.3) is 0 Å². The molecule has 2 rings (SSSR count). The van der Waals surface area contributed by atoms with Crippen LogP contribution in [-0.2, 0) is 11.2 Å². The number of likely N-dealkylation sites (N-methyl/N-ethyl adjacent to an activating group) is 1. The van der Waals surface area contributed by atoms with Crippen LogP contribution in [0.15, 0.2) is 39.8 Å². The van der Waals surface area contributed by atoms with Crippen LogP contribution in [0.1, 0.15) is 31.2 Å². The lowest BCUT2D eigenvalue weighted by atomic mass is 9.89. The number of halogens is 2. The highest BCUT2D eigenvalue weighted by molar-refractivity contribution is 9.11. The maximum absolute atomic E-state index is 12.5. The van der Waals surface area contributed by atoms with E-state index in [9.17, 15) is 4.79 Å². The number of benzene rings is 1. The summed E-state index contributed by atoms with van der Waals surface area (Å²) in [4.78, 5) is 14.8. The highest BCUT2D eigenvalue weighted by Gasteiger charge is 2.29. The fourth-order valence-corrected chi connectivity index (χ4v) is 4.43. The summed E-state index contributed by atoms with van der Waals surface area (Å²) >= 11 is 6.96. The van der Waals surface area contributed by atoms with Crippen LogP contribution in [0.3, 0.4) is 0 Å². The highest BCUT2D eigenvalue weighted by Crippen LogP contribution is 2.24. The summed E-state index contributed by atoms with van der Waals surface area (Å²) in [6.45, 7) is 4.67. The highest BCUT2D eigenvalue weighted by atomic mass is 79.9. The third kappa shape index (κ3) is 5.44. The Morgan fingerprint density at radius 3 is 2.83 bits per heavy atom. The van der Waals surface area contributed by atoms with Gasteiger partial charge in [-0.15, -0.1) is 6.58 Å². The fourth-order valence-electron chi connectivity index (χ4n) is 3.24. The van der Waals surface area contributed by atoms with Crippen LogP contribution < -0.4 is 5.32 Å². The van der Waals surface area contributed by atoms with Crippen molar-refractivity contribution in [2.45, 2.75) is 44.2 Å². The Balaban J connectivity index is 1.98. The second-order valence-electron chi connectivity index (χ2n) is 6.17. The molecule has 5 heteroatoms. The Kier molecular flexibility index (Phi) is 7.31. The zero-order valence-electron chi connectivity index (χ0n) is 13.5. The Bertz CT molecular complexity index is 562. The molecule has 1 aliphatic carbocycles. The van der Waals surface area contributed by atoms with Gasteiger partial charge in [0, 0.05) is 27.6 Å². The first kappa shape index (κ1) is 18.7. The summed E-state index contributed by atoms with van der Waals surface area (Å²) in [5.41, 5.74) is 1.01. The molecular weight excluding hydrogens is 420 g/mol. The zero-order chi connectivity index (χ0) is 16.8. The minimum atomic E-state index is 0.0944. The fraction of sp³-hybridized carbons (Fsp3) is 0.500. The summed E-state index contributed by atoms with van der Waals surface area (Å²) < 4.78 is 1.97. The van der Waals surface area contributed by atoms with Gasteiger partial charge in [-0.3, -0.25) is 9.69 Å². The van der Waals surface area contributed by atoms with E-state index in [-0.39, 0.29) is 11.9 Å². The van der Waals surface area contributed by atoms with E-state index in [2.05, 4.69) is 55.7 Å². The largest absolute Gasteiger partial charge is 0.352 e. The average Bonchev–Trinajstić information content (AvgIpc) is 2.51. The quantitative estimate of drug-likeness (QED) is 0.664. The number of hydrogen-bond donors (Lipinski definition) is 1. The first-order chi connectivity index (χ1) is 11.0. The van der Waals surface area contributed by atoms with Crippen molar-refractivity contribution in [3.8, 4) is 0 Å². The maximum Gasteiger partial charge on any atom is 0.224 e. The van der Waals surface area contributed by atoms with Crippen molar-refractivity contribution in [2.75, 3.05) is 13.6 Å². The van der Waals surface area contributed by atoms with Crippen molar-refractivity contribution in [2.24, 2.45) is 0 Å². The lowest BCUT2D eigenvalue weighted by molar-refractivity contribution is -0.121. The van der Waals surface area contributed by atoms with Crippen LogP contribution in [0.5, 0.6) is 0 Å². The molecule has 3 nitrogen and oxygen atoms in total. The number of carbonyl (C=O) groups is 1. The predicted octanol–water partition coefficient (Wildman–Crippen LogP) is 4.30. The lowest BCUT2D eigenvalue weighted by Crippen LogP contribution is -2.52. The molecule has 0 aliphatic heterocycles. The van der Waals surface area contributed by atoms with Gasteiger partial charge >= 0.3 is 0 Å². The monoisotopic (exact) mass is 442 g/mol. The summed E-state index contributed by atoms with van der Waals surface area (Å²) in [6, 6.07) is 6.56. The van der Waals surface area contributed by atoms with Gasteiger partial charge < -0.3 is 5.32 Å². The Labute approximate surface area is 155 Å². The molecule has 2 unspecified atom stereocenters. The van der Waals surface area contributed by atoms with Gasteiger partial charge in [0.1, 0.15) is 0 Å². The minimum Gasteiger partial charge on any atom is -0.352 e. The van der Waals surface area contributed by atoms with Crippen LogP contribution in [0.2, 0.25) is 0 Å². The molecule has 0 heterocycles. The summed E-state index contributed by atoms with van der Waals surface area (Å²) in [5.74, 6) is 0.0944. The van der Waals surface area contributed by atoms with E-state index in [0.717, 1.165) is 33.9 Å². The van der Waals surface area contributed by atoms with Gasteiger partial charge in [0.05, 0.1) is 6.42 Å². The Morgan fingerprint density at radius 2 is 2.13 bits per heavy atom. The minimum absolute atomic E-state index is 0.0944. The normalized spacial score (nSPS) is 21.2. The summed E-state index contributed by atoms with van der Waals surface area (Å²) in [6.07, 6.45) is 6.94. The predicted molar refractivity (Wildman–Crippen MR) is 103 cm³/mol. The van der Waals surface area contributed by atoms with Gasteiger partial charge in [-0.25, -0.2) is 0 Å². The van der Waals surface area contributed by atoms with Crippen molar-refractivity contribution in [3.05, 3.63) is 45.4 Å². The van der Waals surface area contributed by atoms with E-state index < -0.39 is 0 Å². The van der Waals surface area contributed by atoms with Gasteiger partial charge in [-0.05, 0) is 37.6 Å². The molecule has 1 fully saturated rings. The van der Waals surface area contributed by atoms with Crippen molar-refractivity contribution < 1.29 is 4.79 Å². The van der Waals surface area contributed by atoms with Gasteiger partial charge in [0.25, 0.3) is 0 Å². The Morgan fingerprint density at radius 1 is 1.39 bits per heavy atom. The third-order valence-electron chi connectivity index (χ3n) is 4.43. The van der Waals surface area contributed by atoms with Gasteiger partial charge in [-0.1, -0.05) is 56.8 Å². The first-order valence-corrected chi connectivity index (χ1v) is 9.64. The number of carbonyl (C=O) groups excluding carboxylic acids is 1. The van der Waals surface area contributed by atoms with Gasteiger partial charge in [-0.2, -0.15) is 0 Å². The van der Waals surface area contributed by atoms with E-state index in [1.807, 2.05) is 24.3 Å². The number of amides is 1. The molecule has 0 saturated heterocycles. The van der Waals surface area contributed by atoms with Gasteiger partial charge in [0.15, 0.2) is 0 Å². The molecule has 126 valence electrons. The molecule has 1 N–H and O–H groups in total. The molecule has 1 aromatic carbocycles. The molecule has 1 aromatic rings. The SMILES string of the molecule is C=CCN(C)C1CCCCC1NC(=O)Cc1ccc(Br)cc1Br.